The fourth-order valence-corrected chi connectivity index (χ4v) is 4.80. The Kier molecular flexibility index (Phi) is 5.88. The molecule has 0 fully saturated rings. The first-order valence-electron chi connectivity index (χ1n) is 12.3. The SMILES string of the molecule is CC1=N[N+](=C2C=CC(=C3C=C(c4ccccc4)OC(c4ccccc4)=C3)C=C2)C(c2ccccc2)C1. The summed E-state index contributed by atoms with van der Waals surface area (Å²) in [6.07, 6.45) is 13.9. The van der Waals surface area contributed by atoms with E-state index in [9.17, 15) is 0 Å². The van der Waals surface area contributed by atoms with E-state index in [1.165, 1.54) is 5.56 Å². The first-order chi connectivity index (χ1) is 17.7. The molecule has 0 radical (unpaired) electrons. The summed E-state index contributed by atoms with van der Waals surface area (Å²) in [4.78, 5) is 0. The van der Waals surface area contributed by atoms with Gasteiger partial charge in [-0.2, -0.15) is 0 Å². The number of benzene rings is 3. The molecule has 3 aromatic rings. The monoisotopic (exact) mass is 467 g/mol. The van der Waals surface area contributed by atoms with Crippen LogP contribution in [0.15, 0.2) is 144 Å². The lowest BCUT2D eigenvalue weighted by atomic mass is 9.97. The molecule has 1 aliphatic carbocycles. The average molecular weight is 468 g/mol. The molecule has 2 heterocycles. The van der Waals surface area contributed by atoms with E-state index in [2.05, 4.69) is 103 Å². The fourth-order valence-electron chi connectivity index (χ4n) is 4.80. The molecular formula is C33H27N2O+. The maximum absolute atomic E-state index is 6.37. The van der Waals surface area contributed by atoms with Gasteiger partial charge in [0.1, 0.15) is 11.5 Å². The Morgan fingerprint density at radius 3 is 1.75 bits per heavy atom. The van der Waals surface area contributed by atoms with E-state index in [0.717, 1.165) is 51.6 Å². The van der Waals surface area contributed by atoms with Crippen LogP contribution in [-0.2, 0) is 4.74 Å². The highest BCUT2D eigenvalue weighted by Crippen LogP contribution is 2.34. The molecule has 3 aromatic carbocycles. The highest BCUT2D eigenvalue weighted by molar-refractivity contribution is 6.03. The molecule has 3 nitrogen and oxygen atoms in total. The Bertz CT molecular complexity index is 1430. The molecule has 2 aliphatic heterocycles. The van der Waals surface area contributed by atoms with Crippen LogP contribution in [0.3, 0.4) is 0 Å². The highest BCUT2D eigenvalue weighted by Gasteiger charge is 2.33. The van der Waals surface area contributed by atoms with Crippen molar-refractivity contribution in [1.29, 1.82) is 0 Å². The van der Waals surface area contributed by atoms with Crippen LogP contribution < -0.4 is 0 Å². The number of hydrogen-bond acceptors (Lipinski definition) is 2. The van der Waals surface area contributed by atoms with Crippen LogP contribution in [0.2, 0.25) is 0 Å². The third-order valence-corrected chi connectivity index (χ3v) is 6.62. The summed E-state index contributed by atoms with van der Waals surface area (Å²) in [6, 6.07) is 31.4. The van der Waals surface area contributed by atoms with Gasteiger partial charge in [0.15, 0.2) is 0 Å². The van der Waals surface area contributed by atoms with E-state index >= 15 is 0 Å². The van der Waals surface area contributed by atoms with Gasteiger partial charge >= 0.3 is 0 Å². The van der Waals surface area contributed by atoms with Crippen molar-refractivity contribution in [2.45, 2.75) is 19.4 Å². The van der Waals surface area contributed by atoms with Gasteiger partial charge in [0, 0.05) is 28.8 Å². The Morgan fingerprint density at radius 1 is 0.667 bits per heavy atom. The molecule has 0 saturated heterocycles. The van der Waals surface area contributed by atoms with Gasteiger partial charge in [-0.3, -0.25) is 0 Å². The lowest BCUT2D eigenvalue weighted by Crippen LogP contribution is -2.17. The maximum Gasteiger partial charge on any atom is 0.232 e. The Hall–Kier alpha value is -4.50. The number of nitrogens with zero attached hydrogens (tertiary/aromatic N) is 2. The predicted molar refractivity (Wildman–Crippen MR) is 147 cm³/mol. The summed E-state index contributed by atoms with van der Waals surface area (Å²) in [6.45, 7) is 2.11. The van der Waals surface area contributed by atoms with Crippen LogP contribution in [0.4, 0.5) is 0 Å². The first kappa shape index (κ1) is 22.0. The van der Waals surface area contributed by atoms with Gasteiger partial charge < -0.3 is 4.74 Å². The minimum absolute atomic E-state index is 0.224. The van der Waals surface area contributed by atoms with Crippen molar-refractivity contribution >= 4 is 22.9 Å². The second-order valence-corrected chi connectivity index (χ2v) is 9.16. The summed E-state index contributed by atoms with van der Waals surface area (Å²) >= 11 is 0. The third kappa shape index (κ3) is 4.44. The average Bonchev–Trinajstić information content (AvgIpc) is 3.36. The van der Waals surface area contributed by atoms with Crippen LogP contribution >= 0.6 is 0 Å². The van der Waals surface area contributed by atoms with Crippen molar-refractivity contribution in [2.24, 2.45) is 5.10 Å². The molecule has 0 spiro atoms. The third-order valence-electron chi connectivity index (χ3n) is 6.62. The zero-order chi connectivity index (χ0) is 24.3. The van der Waals surface area contributed by atoms with Crippen molar-refractivity contribution < 1.29 is 9.42 Å². The number of rotatable bonds is 3. The minimum atomic E-state index is 0.224. The van der Waals surface area contributed by atoms with Crippen LogP contribution in [0, 0.1) is 0 Å². The molecule has 36 heavy (non-hydrogen) atoms. The van der Waals surface area contributed by atoms with E-state index in [0.29, 0.717) is 0 Å². The van der Waals surface area contributed by atoms with Gasteiger partial charge in [0.05, 0.1) is 12.1 Å². The Morgan fingerprint density at radius 2 is 1.19 bits per heavy atom. The molecule has 0 saturated carbocycles. The number of hydrogen-bond donors (Lipinski definition) is 0. The van der Waals surface area contributed by atoms with Crippen LogP contribution in [0.25, 0.3) is 11.5 Å². The van der Waals surface area contributed by atoms with Crippen molar-refractivity contribution in [2.75, 3.05) is 0 Å². The van der Waals surface area contributed by atoms with Crippen LogP contribution in [0.1, 0.15) is 36.1 Å². The van der Waals surface area contributed by atoms with Gasteiger partial charge in [-0.15, -0.1) is 0 Å². The predicted octanol–water partition coefficient (Wildman–Crippen LogP) is 7.50. The lowest BCUT2D eigenvalue weighted by Gasteiger charge is -2.20. The first-order valence-corrected chi connectivity index (χ1v) is 12.3. The fraction of sp³-hybridized carbons (Fsp3) is 0.0909. The topological polar surface area (TPSA) is 24.6 Å². The van der Waals surface area contributed by atoms with Crippen molar-refractivity contribution in [1.82, 2.24) is 0 Å². The van der Waals surface area contributed by atoms with Crippen LogP contribution in [-0.4, -0.2) is 16.1 Å². The summed E-state index contributed by atoms with van der Waals surface area (Å²) in [5.74, 6) is 1.69. The molecule has 0 N–H and O–H groups in total. The van der Waals surface area contributed by atoms with Crippen LogP contribution in [0.5, 0.6) is 0 Å². The molecule has 0 bridgehead atoms. The maximum atomic E-state index is 6.37. The highest BCUT2D eigenvalue weighted by atomic mass is 16.5. The quantitative estimate of drug-likeness (QED) is 0.366. The molecule has 0 aromatic heterocycles. The largest absolute Gasteiger partial charge is 0.456 e. The summed E-state index contributed by atoms with van der Waals surface area (Å²) < 4.78 is 8.52. The molecule has 3 aliphatic rings. The lowest BCUT2D eigenvalue weighted by molar-refractivity contribution is -0.566. The summed E-state index contributed by atoms with van der Waals surface area (Å²) in [5.41, 5.74) is 7.90. The number of allylic oxidation sites excluding steroid dienone is 8. The zero-order valence-electron chi connectivity index (χ0n) is 20.2. The molecule has 6 rings (SSSR count). The Balaban J connectivity index is 1.39. The van der Waals surface area contributed by atoms with E-state index in [1.807, 2.05) is 36.4 Å². The van der Waals surface area contributed by atoms with Crippen molar-refractivity contribution in [3.05, 3.63) is 155 Å². The molecule has 1 atom stereocenters. The number of hydrazone groups is 1. The second kappa shape index (κ2) is 9.63. The van der Waals surface area contributed by atoms with E-state index in [1.54, 1.807) is 0 Å². The minimum Gasteiger partial charge on any atom is -0.456 e. The summed E-state index contributed by atoms with van der Waals surface area (Å²) in [5, 5.41) is 4.86. The van der Waals surface area contributed by atoms with Gasteiger partial charge in [0.2, 0.25) is 11.8 Å². The van der Waals surface area contributed by atoms with Crippen molar-refractivity contribution in [3.8, 4) is 0 Å². The molecule has 3 heteroatoms. The number of ether oxygens (including phenoxy) is 1. The summed E-state index contributed by atoms with van der Waals surface area (Å²) in [7, 11) is 0. The zero-order valence-corrected chi connectivity index (χ0v) is 20.2. The van der Waals surface area contributed by atoms with Gasteiger partial charge in [-0.1, -0.05) is 95.7 Å². The van der Waals surface area contributed by atoms with Gasteiger partial charge in [-0.05, 0) is 47.5 Å². The molecular weight excluding hydrogens is 440 g/mol. The van der Waals surface area contributed by atoms with E-state index in [-0.39, 0.29) is 6.04 Å². The normalized spacial score (nSPS) is 19.1. The van der Waals surface area contributed by atoms with Gasteiger partial charge in [0.25, 0.3) is 0 Å². The standard InChI is InChI=1S/C33H27N2O/c1-24-21-31(26-11-5-2-6-12-26)35(34-24)30-19-17-25(18-20-30)29-22-32(27-13-7-3-8-14-27)36-33(23-29)28-15-9-4-10-16-28/h2-20,22-23,31H,21H2,1H3/q+1. The van der Waals surface area contributed by atoms with E-state index < -0.39 is 0 Å². The van der Waals surface area contributed by atoms with Gasteiger partial charge in [-0.25, -0.2) is 0 Å². The van der Waals surface area contributed by atoms with E-state index in [4.69, 9.17) is 9.84 Å². The molecule has 174 valence electrons. The van der Waals surface area contributed by atoms with Crippen molar-refractivity contribution in [3.63, 3.8) is 0 Å². The second-order valence-electron chi connectivity index (χ2n) is 9.16. The smallest absolute Gasteiger partial charge is 0.232 e. The Labute approximate surface area is 212 Å². The molecule has 0 amide bonds. The molecule has 1 unspecified atom stereocenters.